The molecule has 0 bridgehead atoms. The molecule has 0 unspecified atom stereocenters. The first-order valence-electron chi connectivity index (χ1n) is 6.55. The maximum absolute atomic E-state index is 11.9. The van der Waals surface area contributed by atoms with E-state index in [2.05, 4.69) is 15.4 Å². The van der Waals surface area contributed by atoms with E-state index < -0.39 is 30.6 Å². The van der Waals surface area contributed by atoms with Gasteiger partial charge in [0.1, 0.15) is 0 Å². The van der Waals surface area contributed by atoms with Crippen molar-refractivity contribution in [2.75, 3.05) is 25.6 Å². The van der Waals surface area contributed by atoms with Crippen molar-refractivity contribution >= 4 is 23.7 Å². The normalized spacial score (nSPS) is 11.2. The zero-order valence-electron chi connectivity index (χ0n) is 12.3. The van der Waals surface area contributed by atoms with Crippen LogP contribution in [0.3, 0.4) is 0 Å². The molecule has 0 aromatic heterocycles. The van der Waals surface area contributed by atoms with Gasteiger partial charge in [-0.3, -0.25) is 10.1 Å². The lowest BCUT2D eigenvalue weighted by Gasteiger charge is -2.14. The van der Waals surface area contributed by atoms with Crippen LogP contribution in [0.25, 0.3) is 0 Å². The van der Waals surface area contributed by atoms with Crippen molar-refractivity contribution in [3.05, 3.63) is 29.8 Å². The minimum Gasteiger partial charge on any atom is -0.467 e. The highest BCUT2D eigenvalue weighted by atomic mass is 16.5. The quantitative estimate of drug-likeness (QED) is 0.660. The van der Waals surface area contributed by atoms with Gasteiger partial charge in [-0.25, -0.2) is 9.59 Å². The lowest BCUT2D eigenvalue weighted by molar-refractivity contribution is -0.143. The second-order valence-corrected chi connectivity index (χ2v) is 4.15. The number of aliphatic hydroxyl groups excluding tert-OH is 1. The van der Waals surface area contributed by atoms with Crippen LogP contribution in [0.4, 0.5) is 10.5 Å². The van der Waals surface area contributed by atoms with Crippen molar-refractivity contribution in [3.8, 4) is 0 Å². The number of rotatable bonds is 6. The van der Waals surface area contributed by atoms with Gasteiger partial charge in [-0.05, 0) is 31.2 Å². The van der Waals surface area contributed by atoms with Gasteiger partial charge in [0, 0.05) is 11.3 Å². The lowest BCUT2D eigenvalue weighted by Crippen LogP contribution is -2.44. The van der Waals surface area contributed by atoms with Gasteiger partial charge in [0.25, 0.3) is 5.91 Å². The molecule has 120 valence electrons. The van der Waals surface area contributed by atoms with Gasteiger partial charge in [0.05, 0.1) is 20.3 Å². The van der Waals surface area contributed by atoms with Crippen LogP contribution in [0.5, 0.6) is 0 Å². The third-order valence-electron chi connectivity index (χ3n) is 2.64. The molecule has 1 atom stereocenters. The number of anilines is 1. The molecule has 0 heterocycles. The van der Waals surface area contributed by atoms with Gasteiger partial charge < -0.3 is 19.9 Å². The van der Waals surface area contributed by atoms with Gasteiger partial charge in [-0.15, -0.1) is 0 Å². The Labute approximate surface area is 127 Å². The molecule has 8 heteroatoms. The number of esters is 1. The van der Waals surface area contributed by atoms with Crippen molar-refractivity contribution in [1.29, 1.82) is 0 Å². The third kappa shape index (κ3) is 5.06. The molecule has 0 spiro atoms. The minimum absolute atomic E-state index is 0.252. The smallest absolute Gasteiger partial charge is 0.411 e. The summed E-state index contributed by atoms with van der Waals surface area (Å²) in [6.07, 6.45) is -0.592. The summed E-state index contributed by atoms with van der Waals surface area (Å²) in [7, 11) is 1.16. The number of hydrogen-bond acceptors (Lipinski definition) is 6. The summed E-state index contributed by atoms with van der Waals surface area (Å²) in [5.41, 5.74) is 0.721. The topological polar surface area (TPSA) is 114 Å². The van der Waals surface area contributed by atoms with Gasteiger partial charge in [-0.1, -0.05) is 0 Å². The molecule has 0 saturated heterocycles. The Morgan fingerprint density at radius 1 is 1.23 bits per heavy atom. The molecule has 0 aliphatic rings. The average Bonchev–Trinajstić information content (AvgIpc) is 2.52. The SMILES string of the molecule is CCOC(=O)Nc1ccc(C(=O)N[C@H](CO)C(=O)OC)cc1. The molecule has 1 aromatic carbocycles. The summed E-state index contributed by atoms with van der Waals surface area (Å²) in [6, 6.07) is 4.82. The molecule has 2 amide bonds. The number of carbonyl (C=O) groups is 3. The van der Waals surface area contributed by atoms with Gasteiger partial charge in [-0.2, -0.15) is 0 Å². The molecule has 0 fully saturated rings. The van der Waals surface area contributed by atoms with Crippen molar-refractivity contribution in [1.82, 2.24) is 5.32 Å². The van der Waals surface area contributed by atoms with E-state index in [0.717, 1.165) is 7.11 Å². The molecule has 0 radical (unpaired) electrons. The molecular formula is C14H18N2O6. The van der Waals surface area contributed by atoms with Gasteiger partial charge in [0.2, 0.25) is 0 Å². The predicted molar refractivity (Wildman–Crippen MR) is 77.4 cm³/mol. The molecule has 0 saturated carbocycles. The zero-order valence-corrected chi connectivity index (χ0v) is 12.3. The van der Waals surface area contributed by atoms with Crippen LogP contribution in [0, 0.1) is 0 Å². The average molecular weight is 310 g/mol. The number of aliphatic hydroxyl groups is 1. The fraction of sp³-hybridized carbons (Fsp3) is 0.357. The first-order chi connectivity index (χ1) is 10.5. The van der Waals surface area contributed by atoms with E-state index >= 15 is 0 Å². The molecule has 0 aliphatic heterocycles. The predicted octanol–water partition coefficient (Wildman–Crippen LogP) is 0.519. The Hall–Kier alpha value is -2.61. The van der Waals surface area contributed by atoms with Gasteiger partial charge in [0.15, 0.2) is 6.04 Å². The molecule has 3 N–H and O–H groups in total. The van der Waals surface area contributed by atoms with E-state index in [1.165, 1.54) is 24.3 Å². The highest BCUT2D eigenvalue weighted by Crippen LogP contribution is 2.10. The fourth-order valence-corrected chi connectivity index (χ4v) is 1.55. The Bertz CT molecular complexity index is 529. The summed E-state index contributed by atoms with van der Waals surface area (Å²) in [5.74, 6) is -1.29. The molecule has 1 rings (SSSR count). The maximum atomic E-state index is 11.9. The fourth-order valence-electron chi connectivity index (χ4n) is 1.55. The van der Waals surface area contributed by atoms with Crippen LogP contribution >= 0.6 is 0 Å². The second kappa shape index (κ2) is 8.63. The van der Waals surface area contributed by atoms with E-state index in [9.17, 15) is 14.4 Å². The van der Waals surface area contributed by atoms with Crippen LogP contribution < -0.4 is 10.6 Å². The van der Waals surface area contributed by atoms with Crippen molar-refractivity contribution in [2.45, 2.75) is 13.0 Å². The van der Waals surface area contributed by atoms with Crippen LogP contribution in [-0.2, 0) is 14.3 Å². The van der Waals surface area contributed by atoms with Crippen LogP contribution in [0.2, 0.25) is 0 Å². The van der Waals surface area contributed by atoms with Crippen molar-refractivity contribution in [2.24, 2.45) is 0 Å². The monoisotopic (exact) mass is 310 g/mol. The number of carbonyl (C=O) groups excluding carboxylic acids is 3. The Balaban J connectivity index is 2.67. The molecule has 0 aliphatic carbocycles. The molecule has 1 aromatic rings. The van der Waals surface area contributed by atoms with Crippen molar-refractivity contribution in [3.63, 3.8) is 0 Å². The van der Waals surface area contributed by atoms with E-state index in [1.54, 1.807) is 6.92 Å². The molecule has 22 heavy (non-hydrogen) atoms. The first kappa shape index (κ1) is 17.4. The van der Waals surface area contributed by atoms with Crippen LogP contribution in [0.1, 0.15) is 17.3 Å². The first-order valence-corrected chi connectivity index (χ1v) is 6.55. The number of hydrogen-bond donors (Lipinski definition) is 3. The Morgan fingerprint density at radius 3 is 2.36 bits per heavy atom. The van der Waals surface area contributed by atoms with Crippen LogP contribution in [0.15, 0.2) is 24.3 Å². The molecule has 8 nitrogen and oxygen atoms in total. The number of nitrogens with one attached hydrogen (secondary N) is 2. The number of methoxy groups -OCH3 is 1. The largest absolute Gasteiger partial charge is 0.467 e. The molecular weight excluding hydrogens is 292 g/mol. The van der Waals surface area contributed by atoms with E-state index in [0.29, 0.717) is 5.69 Å². The highest BCUT2D eigenvalue weighted by molar-refractivity contribution is 5.97. The van der Waals surface area contributed by atoms with Crippen LogP contribution in [-0.4, -0.2) is 49.4 Å². The van der Waals surface area contributed by atoms with E-state index in [4.69, 9.17) is 9.84 Å². The summed E-state index contributed by atoms with van der Waals surface area (Å²) < 4.78 is 9.17. The van der Waals surface area contributed by atoms with E-state index in [1.807, 2.05) is 0 Å². The standard InChI is InChI=1S/C14H18N2O6/c1-3-22-14(20)15-10-6-4-9(5-7-10)12(18)16-11(8-17)13(19)21-2/h4-7,11,17H,3,8H2,1-2H3,(H,15,20)(H,16,18)/t11-/m1/s1. The zero-order chi connectivity index (χ0) is 16.5. The van der Waals surface area contributed by atoms with E-state index in [-0.39, 0.29) is 12.2 Å². The maximum Gasteiger partial charge on any atom is 0.411 e. The highest BCUT2D eigenvalue weighted by Gasteiger charge is 2.21. The van der Waals surface area contributed by atoms with Crippen molar-refractivity contribution < 1.29 is 29.0 Å². The lowest BCUT2D eigenvalue weighted by atomic mass is 10.2. The summed E-state index contributed by atoms with van der Waals surface area (Å²) in [5, 5.41) is 13.9. The number of benzene rings is 1. The third-order valence-corrected chi connectivity index (χ3v) is 2.64. The minimum atomic E-state index is -1.13. The summed E-state index contributed by atoms with van der Waals surface area (Å²) in [6.45, 7) is 1.37. The summed E-state index contributed by atoms with van der Waals surface area (Å²) in [4.78, 5) is 34.4. The Morgan fingerprint density at radius 2 is 1.86 bits per heavy atom. The number of amides is 2. The number of ether oxygens (including phenoxy) is 2. The Kier molecular flexibility index (Phi) is 6.84. The van der Waals surface area contributed by atoms with Gasteiger partial charge >= 0.3 is 12.1 Å². The summed E-state index contributed by atoms with van der Waals surface area (Å²) >= 11 is 0. The second-order valence-electron chi connectivity index (χ2n) is 4.15.